The Balaban J connectivity index is 1.92. The number of carbonyl (C=O) groups is 3. The number of anilines is 1. The second-order valence-corrected chi connectivity index (χ2v) is 5.94. The van der Waals surface area contributed by atoms with E-state index >= 15 is 0 Å². The zero-order chi connectivity index (χ0) is 20.0. The minimum absolute atomic E-state index is 0.0759. The van der Waals surface area contributed by atoms with E-state index in [1.165, 1.54) is 33.3 Å². The number of methoxy groups -OCH3 is 1. The Bertz CT molecular complexity index is 816. The van der Waals surface area contributed by atoms with Crippen LogP contribution in [0, 0.1) is 6.92 Å². The first-order valence-electron chi connectivity index (χ1n) is 8.32. The fourth-order valence-electron chi connectivity index (χ4n) is 2.22. The van der Waals surface area contributed by atoms with Crippen LogP contribution in [0.15, 0.2) is 41.0 Å². The molecule has 1 aromatic carbocycles. The number of nitrogens with one attached hydrogen (secondary N) is 2. The van der Waals surface area contributed by atoms with Crippen LogP contribution in [0.3, 0.4) is 0 Å². The predicted molar refractivity (Wildman–Crippen MR) is 97.6 cm³/mol. The molecule has 1 aromatic heterocycles. The molecule has 8 heteroatoms. The van der Waals surface area contributed by atoms with Crippen LogP contribution >= 0.6 is 0 Å². The summed E-state index contributed by atoms with van der Waals surface area (Å²) >= 11 is 0. The maximum atomic E-state index is 12.3. The smallest absolute Gasteiger partial charge is 0.329 e. The van der Waals surface area contributed by atoms with Gasteiger partial charge in [0.15, 0.2) is 11.9 Å². The quantitative estimate of drug-likeness (QED) is 0.720. The van der Waals surface area contributed by atoms with Crippen LogP contribution in [0.5, 0.6) is 5.75 Å². The molecule has 0 radical (unpaired) electrons. The van der Waals surface area contributed by atoms with E-state index in [9.17, 15) is 14.4 Å². The molecule has 2 amide bonds. The zero-order valence-corrected chi connectivity index (χ0v) is 15.6. The van der Waals surface area contributed by atoms with Crippen molar-refractivity contribution in [2.24, 2.45) is 0 Å². The van der Waals surface area contributed by atoms with Crippen LogP contribution in [0.2, 0.25) is 0 Å². The molecule has 0 saturated carbocycles. The SMILES string of the molecule is COc1ccc(C)cc1NC(=O)[C@@H](C)OC(=O)[C@H](C)NC(=O)c1ccco1. The number of hydrogen-bond donors (Lipinski definition) is 2. The Labute approximate surface area is 156 Å². The summed E-state index contributed by atoms with van der Waals surface area (Å²) in [4.78, 5) is 36.3. The zero-order valence-electron chi connectivity index (χ0n) is 15.6. The van der Waals surface area contributed by atoms with Gasteiger partial charge >= 0.3 is 5.97 Å². The fourth-order valence-corrected chi connectivity index (χ4v) is 2.22. The molecule has 0 spiro atoms. The van der Waals surface area contributed by atoms with Crippen molar-refractivity contribution in [3.63, 3.8) is 0 Å². The highest BCUT2D eigenvalue weighted by Crippen LogP contribution is 2.25. The molecule has 0 bridgehead atoms. The summed E-state index contributed by atoms with van der Waals surface area (Å²) in [5, 5.41) is 5.11. The average molecular weight is 374 g/mol. The number of hydrogen-bond acceptors (Lipinski definition) is 6. The Kier molecular flexibility index (Phi) is 6.59. The summed E-state index contributed by atoms with van der Waals surface area (Å²) in [5.41, 5.74) is 1.41. The standard InChI is InChI=1S/C19H22N2O6/c1-11-7-8-15(25-4)14(10-11)21-17(22)13(3)27-19(24)12(2)20-18(23)16-6-5-9-26-16/h5-10,12-13H,1-4H3,(H,20,23)(H,21,22)/t12-,13+/m0/s1. The van der Waals surface area contributed by atoms with Gasteiger partial charge in [-0.1, -0.05) is 6.07 Å². The van der Waals surface area contributed by atoms with Gasteiger partial charge in [0.25, 0.3) is 11.8 Å². The lowest BCUT2D eigenvalue weighted by Crippen LogP contribution is -2.42. The molecular formula is C19H22N2O6. The average Bonchev–Trinajstić information content (AvgIpc) is 3.16. The van der Waals surface area contributed by atoms with Gasteiger partial charge in [0.2, 0.25) is 0 Å². The van der Waals surface area contributed by atoms with Gasteiger partial charge in [0, 0.05) is 0 Å². The van der Waals surface area contributed by atoms with Crippen molar-refractivity contribution in [2.75, 3.05) is 12.4 Å². The Morgan fingerprint density at radius 1 is 1.15 bits per heavy atom. The van der Waals surface area contributed by atoms with Crippen molar-refractivity contribution in [3.8, 4) is 5.75 Å². The van der Waals surface area contributed by atoms with Crippen molar-refractivity contribution >= 4 is 23.5 Å². The molecule has 1 heterocycles. The van der Waals surface area contributed by atoms with E-state index in [4.69, 9.17) is 13.9 Å². The first-order chi connectivity index (χ1) is 12.8. The molecular weight excluding hydrogens is 352 g/mol. The number of ether oxygens (including phenoxy) is 2. The second-order valence-electron chi connectivity index (χ2n) is 5.94. The number of benzene rings is 1. The van der Waals surface area contributed by atoms with Crippen LogP contribution < -0.4 is 15.4 Å². The summed E-state index contributed by atoms with van der Waals surface area (Å²) in [5.74, 6) is -1.24. The van der Waals surface area contributed by atoms with E-state index < -0.39 is 29.9 Å². The summed E-state index contributed by atoms with van der Waals surface area (Å²) in [6.45, 7) is 4.77. The lowest BCUT2D eigenvalue weighted by molar-refractivity contribution is -0.154. The van der Waals surface area contributed by atoms with E-state index in [1.807, 2.05) is 13.0 Å². The van der Waals surface area contributed by atoms with Crippen LogP contribution in [-0.2, 0) is 14.3 Å². The number of esters is 1. The molecule has 2 N–H and O–H groups in total. The van der Waals surface area contributed by atoms with Crippen molar-refractivity contribution in [1.29, 1.82) is 0 Å². The predicted octanol–water partition coefficient (Wildman–Crippen LogP) is 2.29. The molecule has 0 saturated heterocycles. The van der Waals surface area contributed by atoms with Crippen LogP contribution in [0.1, 0.15) is 30.0 Å². The first kappa shape index (κ1) is 20.0. The molecule has 0 aliphatic carbocycles. The van der Waals surface area contributed by atoms with Crippen molar-refractivity contribution in [3.05, 3.63) is 47.9 Å². The lowest BCUT2D eigenvalue weighted by atomic mass is 10.2. The van der Waals surface area contributed by atoms with Gasteiger partial charge in [-0.25, -0.2) is 4.79 Å². The van der Waals surface area contributed by atoms with E-state index in [2.05, 4.69) is 10.6 Å². The van der Waals surface area contributed by atoms with Crippen molar-refractivity contribution < 1.29 is 28.3 Å². The monoisotopic (exact) mass is 374 g/mol. The molecule has 27 heavy (non-hydrogen) atoms. The third kappa shape index (κ3) is 5.34. The third-order valence-corrected chi connectivity index (χ3v) is 3.72. The summed E-state index contributed by atoms with van der Waals surface area (Å²) in [6.07, 6.45) is 0.287. The molecule has 2 atom stereocenters. The second kappa shape index (κ2) is 8.88. The summed E-state index contributed by atoms with van der Waals surface area (Å²) in [7, 11) is 1.49. The topological polar surface area (TPSA) is 107 Å². The van der Waals surface area contributed by atoms with Crippen LogP contribution in [0.25, 0.3) is 0 Å². The van der Waals surface area contributed by atoms with Gasteiger partial charge in [0.1, 0.15) is 11.8 Å². The highest BCUT2D eigenvalue weighted by atomic mass is 16.5. The van der Waals surface area contributed by atoms with Crippen molar-refractivity contribution in [1.82, 2.24) is 5.32 Å². The van der Waals surface area contributed by atoms with Crippen LogP contribution in [0.4, 0.5) is 5.69 Å². The van der Waals surface area contributed by atoms with E-state index in [-0.39, 0.29) is 5.76 Å². The molecule has 8 nitrogen and oxygen atoms in total. The molecule has 0 aliphatic rings. The normalized spacial score (nSPS) is 12.6. The van der Waals surface area contributed by atoms with Crippen LogP contribution in [-0.4, -0.2) is 37.0 Å². The summed E-state index contributed by atoms with van der Waals surface area (Å²) in [6, 6.07) is 7.40. The van der Waals surface area contributed by atoms with E-state index in [0.29, 0.717) is 11.4 Å². The van der Waals surface area contributed by atoms with Gasteiger partial charge in [-0.15, -0.1) is 0 Å². The highest BCUT2D eigenvalue weighted by molar-refractivity contribution is 5.97. The van der Waals surface area contributed by atoms with Crippen molar-refractivity contribution in [2.45, 2.75) is 32.9 Å². The largest absolute Gasteiger partial charge is 0.495 e. The Hall–Kier alpha value is -3.29. The van der Waals surface area contributed by atoms with E-state index in [0.717, 1.165) is 5.56 Å². The number of aryl methyl sites for hydroxylation is 1. The van der Waals surface area contributed by atoms with Gasteiger partial charge < -0.3 is 24.5 Å². The number of furan rings is 1. The minimum atomic E-state index is -1.06. The molecule has 0 aliphatic heterocycles. The number of amides is 2. The fraction of sp³-hybridized carbons (Fsp3) is 0.316. The molecule has 2 rings (SSSR count). The third-order valence-electron chi connectivity index (χ3n) is 3.72. The van der Waals surface area contributed by atoms with Gasteiger partial charge in [-0.2, -0.15) is 0 Å². The summed E-state index contributed by atoms with van der Waals surface area (Å²) < 4.78 is 15.3. The van der Waals surface area contributed by atoms with Gasteiger partial charge in [0.05, 0.1) is 19.1 Å². The molecule has 0 fully saturated rings. The number of carbonyl (C=O) groups excluding carboxylic acids is 3. The molecule has 144 valence electrons. The maximum absolute atomic E-state index is 12.3. The van der Waals surface area contributed by atoms with Gasteiger partial charge in [-0.05, 0) is 50.6 Å². The molecule has 2 aromatic rings. The maximum Gasteiger partial charge on any atom is 0.329 e. The minimum Gasteiger partial charge on any atom is -0.495 e. The lowest BCUT2D eigenvalue weighted by Gasteiger charge is -2.18. The first-order valence-corrected chi connectivity index (χ1v) is 8.32. The Morgan fingerprint density at radius 2 is 1.89 bits per heavy atom. The highest BCUT2D eigenvalue weighted by Gasteiger charge is 2.24. The number of rotatable bonds is 7. The van der Waals surface area contributed by atoms with E-state index in [1.54, 1.807) is 18.2 Å². The Morgan fingerprint density at radius 3 is 2.52 bits per heavy atom. The molecule has 0 unspecified atom stereocenters. The van der Waals surface area contributed by atoms with Gasteiger partial charge in [-0.3, -0.25) is 9.59 Å².